The van der Waals surface area contributed by atoms with Gasteiger partial charge in [0, 0.05) is 13.1 Å². The zero-order chi connectivity index (χ0) is 14.0. The fraction of sp³-hybridized carbons (Fsp3) is 0.364. The molecule has 1 heterocycles. The van der Waals surface area contributed by atoms with E-state index in [1.54, 1.807) is 6.92 Å². The zero-order valence-electron chi connectivity index (χ0n) is 10.5. The molecule has 0 unspecified atom stereocenters. The standard InChI is InChI=1S/C11H13FN4O3/c1-7-5-9(16-11(18)15(2)13-14-16)10(6-8(7)12)19-4-3-17/h5-6,17H,3-4H2,1-2H3. The van der Waals surface area contributed by atoms with Crippen molar-refractivity contribution in [3.05, 3.63) is 34.0 Å². The number of aryl methyl sites for hydroxylation is 2. The van der Waals surface area contributed by atoms with Gasteiger partial charge >= 0.3 is 5.69 Å². The molecule has 1 aromatic carbocycles. The summed E-state index contributed by atoms with van der Waals surface area (Å²) in [5.41, 5.74) is 0.161. The first kappa shape index (κ1) is 13.2. The number of hydrogen-bond donors (Lipinski definition) is 1. The van der Waals surface area contributed by atoms with Crippen molar-refractivity contribution in [2.24, 2.45) is 7.05 Å². The van der Waals surface area contributed by atoms with Crippen LogP contribution in [0.3, 0.4) is 0 Å². The van der Waals surface area contributed by atoms with Gasteiger partial charge in [-0.05, 0) is 29.0 Å². The van der Waals surface area contributed by atoms with E-state index >= 15 is 0 Å². The van der Waals surface area contributed by atoms with Crippen molar-refractivity contribution in [1.82, 2.24) is 19.8 Å². The van der Waals surface area contributed by atoms with Crippen LogP contribution >= 0.6 is 0 Å². The van der Waals surface area contributed by atoms with E-state index < -0.39 is 11.5 Å². The highest BCUT2D eigenvalue weighted by molar-refractivity contribution is 5.48. The van der Waals surface area contributed by atoms with Gasteiger partial charge in [0.2, 0.25) is 0 Å². The molecule has 0 fully saturated rings. The summed E-state index contributed by atoms with van der Waals surface area (Å²) < 4.78 is 20.8. The van der Waals surface area contributed by atoms with Crippen molar-refractivity contribution >= 4 is 0 Å². The topological polar surface area (TPSA) is 82.2 Å². The van der Waals surface area contributed by atoms with Crippen LogP contribution in [0.2, 0.25) is 0 Å². The van der Waals surface area contributed by atoms with Gasteiger partial charge in [-0.2, -0.15) is 9.36 Å². The number of aliphatic hydroxyl groups is 1. The van der Waals surface area contributed by atoms with Gasteiger partial charge < -0.3 is 9.84 Å². The van der Waals surface area contributed by atoms with Crippen molar-refractivity contribution in [3.8, 4) is 11.4 Å². The van der Waals surface area contributed by atoms with Crippen LogP contribution in [0.1, 0.15) is 5.56 Å². The minimum Gasteiger partial charge on any atom is -0.489 e. The van der Waals surface area contributed by atoms with E-state index in [-0.39, 0.29) is 24.7 Å². The molecule has 0 saturated carbocycles. The second kappa shape index (κ2) is 5.19. The molecule has 0 radical (unpaired) electrons. The molecule has 2 rings (SSSR count). The Morgan fingerprint density at radius 1 is 1.42 bits per heavy atom. The highest BCUT2D eigenvalue weighted by atomic mass is 19.1. The van der Waals surface area contributed by atoms with Crippen LogP contribution in [-0.2, 0) is 7.05 Å². The summed E-state index contributed by atoms with van der Waals surface area (Å²) in [7, 11) is 1.45. The number of benzene rings is 1. The van der Waals surface area contributed by atoms with Crippen molar-refractivity contribution in [2.45, 2.75) is 6.92 Å². The quantitative estimate of drug-likeness (QED) is 0.829. The smallest absolute Gasteiger partial charge is 0.368 e. The average Bonchev–Trinajstić information content (AvgIpc) is 2.71. The molecule has 0 saturated heterocycles. The number of halogens is 1. The first-order valence-electron chi connectivity index (χ1n) is 5.57. The Labute approximate surface area is 107 Å². The molecule has 102 valence electrons. The van der Waals surface area contributed by atoms with E-state index in [0.29, 0.717) is 5.56 Å². The van der Waals surface area contributed by atoms with E-state index in [1.807, 2.05) is 0 Å². The minimum atomic E-state index is -0.472. The Balaban J connectivity index is 2.57. The van der Waals surface area contributed by atoms with E-state index in [2.05, 4.69) is 10.4 Å². The molecular weight excluding hydrogens is 255 g/mol. The summed E-state index contributed by atoms with van der Waals surface area (Å²) in [5, 5.41) is 16.0. The number of tetrazole rings is 1. The van der Waals surface area contributed by atoms with Crippen LogP contribution in [0.5, 0.6) is 5.75 Å². The Hall–Kier alpha value is -2.22. The van der Waals surface area contributed by atoms with Crippen molar-refractivity contribution in [1.29, 1.82) is 0 Å². The summed E-state index contributed by atoms with van der Waals surface area (Å²) in [6.45, 7) is 1.34. The zero-order valence-corrected chi connectivity index (χ0v) is 10.5. The summed E-state index contributed by atoms with van der Waals surface area (Å²) >= 11 is 0. The molecule has 1 aromatic heterocycles. The third-order valence-corrected chi connectivity index (χ3v) is 2.54. The SMILES string of the molecule is Cc1cc(-n2nnn(C)c2=O)c(OCCO)cc1F. The lowest BCUT2D eigenvalue weighted by molar-refractivity contribution is 0.200. The molecule has 7 nitrogen and oxygen atoms in total. The lowest BCUT2D eigenvalue weighted by Crippen LogP contribution is -2.22. The predicted molar refractivity (Wildman–Crippen MR) is 63.9 cm³/mol. The molecule has 0 aliphatic carbocycles. The Morgan fingerprint density at radius 2 is 2.16 bits per heavy atom. The van der Waals surface area contributed by atoms with Gasteiger partial charge in [0.05, 0.1) is 6.61 Å². The predicted octanol–water partition coefficient (Wildman–Crippen LogP) is -0.215. The molecule has 0 aliphatic rings. The van der Waals surface area contributed by atoms with E-state index in [0.717, 1.165) is 15.4 Å². The van der Waals surface area contributed by atoms with E-state index in [1.165, 1.54) is 13.1 Å². The average molecular weight is 268 g/mol. The molecule has 0 atom stereocenters. The van der Waals surface area contributed by atoms with Crippen LogP contribution in [0.4, 0.5) is 4.39 Å². The largest absolute Gasteiger partial charge is 0.489 e. The molecule has 2 aromatic rings. The molecule has 0 aliphatic heterocycles. The van der Waals surface area contributed by atoms with Crippen LogP contribution in [0.15, 0.2) is 16.9 Å². The van der Waals surface area contributed by atoms with Crippen molar-refractivity contribution in [2.75, 3.05) is 13.2 Å². The molecule has 0 bridgehead atoms. The number of aliphatic hydroxyl groups excluding tert-OH is 1. The van der Waals surface area contributed by atoms with E-state index in [4.69, 9.17) is 9.84 Å². The molecule has 0 amide bonds. The van der Waals surface area contributed by atoms with Gasteiger partial charge in [-0.15, -0.1) is 0 Å². The van der Waals surface area contributed by atoms with Gasteiger partial charge in [0.15, 0.2) is 0 Å². The minimum absolute atomic E-state index is 0.00941. The molecule has 0 spiro atoms. The van der Waals surface area contributed by atoms with Gasteiger partial charge in [-0.25, -0.2) is 9.18 Å². The molecular formula is C11H13FN4O3. The second-order valence-electron chi connectivity index (χ2n) is 3.94. The van der Waals surface area contributed by atoms with E-state index in [9.17, 15) is 9.18 Å². The van der Waals surface area contributed by atoms with Gasteiger partial charge in [0.25, 0.3) is 0 Å². The van der Waals surface area contributed by atoms with Crippen LogP contribution < -0.4 is 10.4 Å². The van der Waals surface area contributed by atoms with Crippen molar-refractivity contribution < 1.29 is 14.2 Å². The van der Waals surface area contributed by atoms with Gasteiger partial charge in [-0.3, -0.25) is 0 Å². The summed E-state index contributed by atoms with van der Waals surface area (Å²) in [5.74, 6) is -0.339. The Kier molecular flexibility index (Phi) is 3.61. The Bertz CT molecular complexity index is 650. The van der Waals surface area contributed by atoms with Gasteiger partial charge in [0.1, 0.15) is 23.9 Å². The molecule has 8 heteroatoms. The second-order valence-corrected chi connectivity index (χ2v) is 3.94. The summed E-state index contributed by atoms with van der Waals surface area (Å²) in [6.07, 6.45) is 0. The third kappa shape index (κ3) is 2.48. The summed E-state index contributed by atoms with van der Waals surface area (Å²) in [4.78, 5) is 11.8. The first-order valence-corrected chi connectivity index (χ1v) is 5.57. The van der Waals surface area contributed by atoms with Gasteiger partial charge in [-0.1, -0.05) is 0 Å². The maximum absolute atomic E-state index is 13.5. The molecule has 1 N–H and O–H groups in total. The first-order chi connectivity index (χ1) is 9.04. The fourth-order valence-electron chi connectivity index (χ4n) is 1.55. The number of aromatic nitrogens is 4. The maximum Gasteiger partial charge on any atom is 0.368 e. The lowest BCUT2D eigenvalue weighted by Gasteiger charge is -2.11. The fourth-order valence-corrected chi connectivity index (χ4v) is 1.55. The third-order valence-electron chi connectivity index (χ3n) is 2.54. The van der Waals surface area contributed by atoms with Crippen molar-refractivity contribution in [3.63, 3.8) is 0 Å². The number of rotatable bonds is 4. The number of hydrogen-bond acceptors (Lipinski definition) is 5. The van der Waals surface area contributed by atoms with Crippen LogP contribution in [0, 0.1) is 12.7 Å². The highest BCUT2D eigenvalue weighted by Crippen LogP contribution is 2.24. The highest BCUT2D eigenvalue weighted by Gasteiger charge is 2.15. The molecule has 19 heavy (non-hydrogen) atoms. The number of ether oxygens (including phenoxy) is 1. The van der Waals surface area contributed by atoms with Crippen LogP contribution in [-0.4, -0.2) is 38.1 Å². The maximum atomic E-state index is 13.5. The normalized spacial score (nSPS) is 10.7. The number of nitrogens with zero attached hydrogens (tertiary/aromatic N) is 4. The van der Waals surface area contributed by atoms with Crippen LogP contribution in [0.25, 0.3) is 5.69 Å². The Morgan fingerprint density at radius 3 is 2.74 bits per heavy atom. The summed E-state index contributed by atoms with van der Waals surface area (Å²) in [6, 6.07) is 2.60. The monoisotopic (exact) mass is 268 g/mol. The lowest BCUT2D eigenvalue weighted by atomic mass is 10.2.